The molecule has 2 fully saturated rings. The van der Waals surface area contributed by atoms with Crippen LogP contribution in [-0.2, 0) is 11.8 Å². The van der Waals surface area contributed by atoms with E-state index in [0.717, 1.165) is 62.2 Å². The van der Waals surface area contributed by atoms with Crippen LogP contribution in [0.2, 0.25) is 0 Å². The third-order valence-corrected chi connectivity index (χ3v) is 7.36. The molecular formula is C25H35N5O. The van der Waals surface area contributed by atoms with Crippen molar-refractivity contribution in [1.29, 1.82) is 0 Å². The minimum atomic E-state index is -0.131. The minimum absolute atomic E-state index is 0.131. The fourth-order valence-electron chi connectivity index (χ4n) is 5.76. The standard InChI is InChI=1S/C25H35N5O/c1-25(2)14-19-18(22-21(25)24(27)29-15-28-22)10-11-20(23(19)30-12-4-3-5-13-30)31-17-8-6-16(26)7-9-17/h10-11,15-17H,3-9,12-14,26H2,1-2H3,(H2,27,28,29). The van der Waals surface area contributed by atoms with Gasteiger partial charge in [0.15, 0.2) is 0 Å². The molecule has 2 heterocycles. The molecule has 1 saturated carbocycles. The van der Waals surface area contributed by atoms with Gasteiger partial charge in [-0.1, -0.05) is 13.8 Å². The Hall–Kier alpha value is -2.34. The summed E-state index contributed by atoms with van der Waals surface area (Å²) < 4.78 is 6.68. The maximum atomic E-state index is 6.68. The average Bonchev–Trinajstić information content (AvgIpc) is 2.75. The lowest BCUT2D eigenvalue weighted by Gasteiger charge is -2.39. The van der Waals surface area contributed by atoms with Crippen LogP contribution in [0.15, 0.2) is 18.5 Å². The van der Waals surface area contributed by atoms with Crippen LogP contribution in [-0.4, -0.2) is 35.2 Å². The van der Waals surface area contributed by atoms with Crippen LogP contribution < -0.4 is 21.1 Å². The second-order valence-corrected chi connectivity index (χ2v) is 10.2. The van der Waals surface area contributed by atoms with Gasteiger partial charge in [0, 0.05) is 30.3 Å². The number of piperidine rings is 1. The Labute approximate surface area is 185 Å². The molecule has 2 aliphatic carbocycles. The maximum absolute atomic E-state index is 6.68. The van der Waals surface area contributed by atoms with E-state index in [-0.39, 0.29) is 11.5 Å². The Morgan fingerprint density at radius 1 is 1.03 bits per heavy atom. The molecule has 5 rings (SSSR count). The number of rotatable bonds is 3. The number of anilines is 2. The van der Waals surface area contributed by atoms with Gasteiger partial charge in [-0.15, -0.1) is 0 Å². The molecule has 1 aromatic carbocycles. The van der Waals surface area contributed by atoms with Gasteiger partial charge in [-0.05, 0) is 74.5 Å². The van der Waals surface area contributed by atoms with E-state index in [4.69, 9.17) is 21.2 Å². The van der Waals surface area contributed by atoms with Gasteiger partial charge < -0.3 is 21.1 Å². The number of nitrogens with two attached hydrogens (primary N) is 2. The highest BCUT2D eigenvalue weighted by Crippen LogP contribution is 2.50. The van der Waals surface area contributed by atoms with E-state index in [2.05, 4.69) is 35.9 Å². The predicted octanol–water partition coefficient (Wildman–Crippen LogP) is 4.20. The number of nitrogens with zero attached hydrogens (tertiary/aromatic N) is 3. The lowest BCUT2D eigenvalue weighted by molar-refractivity contribution is 0.147. The van der Waals surface area contributed by atoms with E-state index < -0.39 is 0 Å². The van der Waals surface area contributed by atoms with Crippen molar-refractivity contribution in [3.63, 3.8) is 0 Å². The number of nitrogen functional groups attached to an aromatic ring is 1. The van der Waals surface area contributed by atoms with Crippen LogP contribution >= 0.6 is 0 Å². The van der Waals surface area contributed by atoms with Gasteiger partial charge in [0.25, 0.3) is 0 Å². The van der Waals surface area contributed by atoms with Gasteiger partial charge in [-0.25, -0.2) is 9.97 Å². The third-order valence-electron chi connectivity index (χ3n) is 7.36. The summed E-state index contributed by atoms with van der Waals surface area (Å²) >= 11 is 0. The van der Waals surface area contributed by atoms with Crippen molar-refractivity contribution >= 4 is 11.5 Å². The fraction of sp³-hybridized carbons (Fsp3) is 0.600. The van der Waals surface area contributed by atoms with Gasteiger partial charge in [0.05, 0.1) is 17.5 Å². The van der Waals surface area contributed by atoms with Crippen LogP contribution in [0.3, 0.4) is 0 Å². The highest BCUT2D eigenvalue weighted by molar-refractivity contribution is 5.83. The molecule has 1 aromatic heterocycles. The van der Waals surface area contributed by atoms with Crippen LogP contribution in [0.25, 0.3) is 11.3 Å². The molecule has 4 N–H and O–H groups in total. The third kappa shape index (κ3) is 3.75. The first-order chi connectivity index (χ1) is 14.9. The molecule has 2 aromatic rings. The summed E-state index contributed by atoms with van der Waals surface area (Å²) in [4.78, 5) is 11.5. The first-order valence-electron chi connectivity index (χ1n) is 11.9. The van der Waals surface area contributed by atoms with Gasteiger partial charge in [0.2, 0.25) is 0 Å². The van der Waals surface area contributed by atoms with Crippen molar-refractivity contribution in [2.24, 2.45) is 5.73 Å². The number of benzene rings is 1. The molecule has 0 atom stereocenters. The van der Waals surface area contributed by atoms with Crippen molar-refractivity contribution in [1.82, 2.24) is 9.97 Å². The van der Waals surface area contributed by atoms with Crippen LogP contribution in [0, 0.1) is 0 Å². The van der Waals surface area contributed by atoms with E-state index in [9.17, 15) is 0 Å². The highest BCUT2D eigenvalue weighted by Gasteiger charge is 2.38. The van der Waals surface area contributed by atoms with Crippen LogP contribution in [0.1, 0.15) is 69.9 Å². The SMILES string of the molecule is CC1(C)Cc2c(ccc(OC3CCC(N)CC3)c2N2CCCCC2)-c2ncnc(N)c21. The van der Waals surface area contributed by atoms with Gasteiger partial charge >= 0.3 is 0 Å². The summed E-state index contributed by atoms with van der Waals surface area (Å²) in [6.07, 6.45) is 10.7. The van der Waals surface area contributed by atoms with Gasteiger partial charge in [-0.3, -0.25) is 0 Å². The first kappa shape index (κ1) is 20.6. The molecule has 0 bridgehead atoms. The Morgan fingerprint density at radius 2 is 1.77 bits per heavy atom. The van der Waals surface area contributed by atoms with E-state index in [0.29, 0.717) is 11.9 Å². The second-order valence-electron chi connectivity index (χ2n) is 10.2. The molecule has 166 valence electrons. The summed E-state index contributed by atoms with van der Waals surface area (Å²) in [5.41, 5.74) is 18.2. The minimum Gasteiger partial charge on any atom is -0.488 e. The molecular weight excluding hydrogens is 386 g/mol. The summed E-state index contributed by atoms with van der Waals surface area (Å²) in [7, 11) is 0. The number of hydrogen-bond donors (Lipinski definition) is 2. The molecule has 0 radical (unpaired) electrons. The predicted molar refractivity (Wildman–Crippen MR) is 126 cm³/mol. The van der Waals surface area contributed by atoms with Gasteiger partial charge in [-0.2, -0.15) is 0 Å². The number of aromatic nitrogens is 2. The van der Waals surface area contributed by atoms with E-state index in [1.807, 2.05) is 0 Å². The number of hydrogen-bond acceptors (Lipinski definition) is 6. The zero-order valence-electron chi connectivity index (χ0n) is 18.9. The molecule has 31 heavy (non-hydrogen) atoms. The van der Waals surface area contributed by atoms with Crippen molar-refractivity contribution in [2.75, 3.05) is 23.7 Å². The molecule has 0 unspecified atom stereocenters. The molecule has 3 aliphatic rings. The molecule has 0 amide bonds. The lowest BCUT2D eigenvalue weighted by Crippen LogP contribution is -2.35. The highest BCUT2D eigenvalue weighted by atomic mass is 16.5. The van der Waals surface area contributed by atoms with Crippen molar-refractivity contribution in [3.05, 3.63) is 29.6 Å². The van der Waals surface area contributed by atoms with Crippen LogP contribution in [0.5, 0.6) is 5.75 Å². The summed E-state index contributed by atoms with van der Waals surface area (Å²) in [5, 5.41) is 0. The van der Waals surface area contributed by atoms with E-state index in [1.54, 1.807) is 6.33 Å². The Balaban J connectivity index is 1.61. The maximum Gasteiger partial charge on any atom is 0.143 e. The fourth-order valence-corrected chi connectivity index (χ4v) is 5.76. The molecule has 1 saturated heterocycles. The van der Waals surface area contributed by atoms with Crippen molar-refractivity contribution < 1.29 is 4.74 Å². The Kier molecular flexibility index (Phi) is 5.29. The zero-order chi connectivity index (χ0) is 21.6. The normalized spacial score (nSPS) is 24.9. The van der Waals surface area contributed by atoms with E-state index >= 15 is 0 Å². The topological polar surface area (TPSA) is 90.3 Å². The molecule has 0 spiro atoms. The lowest BCUT2D eigenvalue weighted by atomic mass is 9.71. The zero-order valence-corrected chi connectivity index (χ0v) is 18.9. The van der Waals surface area contributed by atoms with Crippen molar-refractivity contribution in [2.45, 2.75) is 82.8 Å². The smallest absolute Gasteiger partial charge is 0.143 e. The summed E-state index contributed by atoms with van der Waals surface area (Å²) in [6.45, 7) is 6.68. The summed E-state index contributed by atoms with van der Waals surface area (Å²) in [6, 6.07) is 4.68. The monoisotopic (exact) mass is 421 g/mol. The Morgan fingerprint density at radius 3 is 2.52 bits per heavy atom. The quantitative estimate of drug-likeness (QED) is 0.772. The Bertz CT molecular complexity index is 959. The van der Waals surface area contributed by atoms with Crippen LogP contribution in [0.4, 0.5) is 11.5 Å². The molecule has 1 aliphatic heterocycles. The summed E-state index contributed by atoms with van der Waals surface area (Å²) in [5.74, 6) is 1.63. The van der Waals surface area contributed by atoms with E-state index in [1.165, 1.54) is 36.1 Å². The van der Waals surface area contributed by atoms with Gasteiger partial charge in [0.1, 0.15) is 17.9 Å². The number of ether oxygens (including phenoxy) is 1. The second kappa shape index (κ2) is 7.97. The molecule has 6 nitrogen and oxygen atoms in total. The van der Waals surface area contributed by atoms with Crippen molar-refractivity contribution in [3.8, 4) is 17.0 Å². The number of fused-ring (bicyclic) bond motifs is 3. The molecule has 6 heteroatoms. The largest absolute Gasteiger partial charge is 0.488 e. The first-order valence-corrected chi connectivity index (χ1v) is 11.9. The average molecular weight is 422 g/mol.